The lowest BCUT2D eigenvalue weighted by Crippen LogP contribution is -2.37. The number of rotatable bonds is 4. The lowest BCUT2D eigenvalue weighted by Gasteiger charge is -2.30. The molecule has 1 saturated carbocycles. The van der Waals surface area contributed by atoms with Crippen LogP contribution in [0.5, 0.6) is 0 Å². The Morgan fingerprint density at radius 2 is 2.15 bits per heavy atom. The minimum atomic E-state index is -0.0405. The van der Waals surface area contributed by atoms with E-state index in [1.165, 1.54) is 19.3 Å². The smallest absolute Gasteiger partial charge is 0.0555 e. The molecule has 3 unspecified atom stereocenters. The Labute approximate surface area is 81.9 Å². The molecule has 0 aliphatic heterocycles. The largest absolute Gasteiger partial charge is 0.393 e. The van der Waals surface area contributed by atoms with E-state index < -0.39 is 0 Å². The molecule has 0 radical (unpaired) electrons. The van der Waals surface area contributed by atoms with Crippen molar-refractivity contribution in [1.29, 1.82) is 0 Å². The predicted molar refractivity (Wildman–Crippen MR) is 55.8 cm³/mol. The van der Waals surface area contributed by atoms with Crippen molar-refractivity contribution in [3.8, 4) is 0 Å². The molecular weight excluding hydrogens is 162 g/mol. The molecule has 3 atom stereocenters. The Hall–Kier alpha value is -0.0800. The highest BCUT2D eigenvalue weighted by Crippen LogP contribution is 2.25. The van der Waals surface area contributed by atoms with Crippen LogP contribution >= 0.6 is 0 Å². The number of aliphatic hydroxyl groups is 1. The Bertz CT molecular complexity index is 149. The molecule has 2 nitrogen and oxygen atoms in total. The molecule has 0 bridgehead atoms. The van der Waals surface area contributed by atoms with Gasteiger partial charge in [-0.15, -0.1) is 0 Å². The van der Waals surface area contributed by atoms with Crippen molar-refractivity contribution in [2.75, 3.05) is 7.05 Å². The average Bonchev–Trinajstić information content (AvgIpc) is 2.51. The molecule has 0 aromatic carbocycles. The van der Waals surface area contributed by atoms with Gasteiger partial charge in [0.1, 0.15) is 0 Å². The molecule has 1 N–H and O–H groups in total. The second-order valence-electron chi connectivity index (χ2n) is 4.42. The Morgan fingerprint density at radius 1 is 1.46 bits per heavy atom. The van der Waals surface area contributed by atoms with E-state index in [1.807, 2.05) is 0 Å². The van der Waals surface area contributed by atoms with Crippen LogP contribution in [0.25, 0.3) is 0 Å². The van der Waals surface area contributed by atoms with Gasteiger partial charge < -0.3 is 10.0 Å². The van der Waals surface area contributed by atoms with Gasteiger partial charge in [-0.05, 0) is 39.7 Å². The van der Waals surface area contributed by atoms with Crippen LogP contribution in [0.4, 0.5) is 0 Å². The van der Waals surface area contributed by atoms with Gasteiger partial charge in [-0.25, -0.2) is 0 Å². The summed E-state index contributed by atoms with van der Waals surface area (Å²) in [5, 5.41) is 9.43. The molecule has 0 spiro atoms. The Morgan fingerprint density at radius 3 is 2.62 bits per heavy atom. The summed E-state index contributed by atoms with van der Waals surface area (Å²) >= 11 is 0. The quantitative estimate of drug-likeness (QED) is 0.724. The van der Waals surface area contributed by atoms with Crippen molar-refractivity contribution < 1.29 is 5.11 Å². The standard InChI is InChI=1S/C11H23NO/c1-4-5-9(2)12(3)10-6-7-11(13)8-10/h9-11,13H,4-8H2,1-3H3. The number of aliphatic hydroxyl groups excluding tert-OH is 1. The van der Waals surface area contributed by atoms with E-state index in [0.29, 0.717) is 12.1 Å². The normalized spacial score (nSPS) is 31.2. The second kappa shape index (κ2) is 4.97. The van der Waals surface area contributed by atoms with E-state index in [-0.39, 0.29) is 6.10 Å². The fraction of sp³-hybridized carbons (Fsp3) is 1.00. The highest BCUT2D eigenvalue weighted by molar-refractivity contribution is 4.83. The number of hydrogen-bond acceptors (Lipinski definition) is 2. The number of nitrogens with zero attached hydrogens (tertiary/aromatic N) is 1. The van der Waals surface area contributed by atoms with Crippen LogP contribution in [0.2, 0.25) is 0 Å². The van der Waals surface area contributed by atoms with Gasteiger partial charge in [-0.3, -0.25) is 0 Å². The SMILES string of the molecule is CCCC(C)N(C)C1CCC(O)C1. The van der Waals surface area contributed by atoms with E-state index in [4.69, 9.17) is 0 Å². The van der Waals surface area contributed by atoms with Gasteiger partial charge in [-0.2, -0.15) is 0 Å². The molecule has 2 heteroatoms. The summed E-state index contributed by atoms with van der Waals surface area (Å²) in [7, 11) is 2.20. The minimum Gasteiger partial charge on any atom is -0.393 e. The van der Waals surface area contributed by atoms with Gasteiger partial charge in [0.25, 0.3) is 0 Å². The Kier molecular flexibility index (Phi) is 4.20. The highest BCUT2D eigenvalue weighted by Gasteiger charge is 2.27. The van der Waals surface area contributed by atoms with Crippen LogP contribution in [-0.4, -0.2) is 35.2 Å². The number of hydrogen-bond donors (Lipinski definition) is 1. The zero-order valence-electron chi connectivity index (χ0n) is 9.16. The lowest BCUT2D eigenvalue weighted by atomic mass is 10.1. The summed E-state index contributed by atoms with van der Waals surface area (Å²) in [6.45, 7) is 4.52. The molecule has 1 rings (SSSR count). The zero-order valence-corrected chi connectivity index (χ0v) is 9.16. The van der Waals surface area contributed by atoms with Crippen molar-refractivity contribution in [3.63, 3.8) is 0 Å². The molecule has 78 valence electrons. The van der Waals surface area contributed by atoms with Gasteiger partial charge in [0.05, 0.1) is 6.10 Å². The Balaban J connectivity index is 2.33. The summed E-state index contributed by atoms with van der Waals surface area (Å²) < 4.78 is 0. The first kappa shape index (κ1) is 11.0. The van der Waals surface area contributed by atoms with E-state index >= 15 is 0 Å². The van der Waals surface area contributed by atoms with Crippen LogP contribution in [0.15, 0.2) is 0 Å². The third kappa shape index (κ3) is 2.96. The molecular formula is C11H23NO. The molecule has 0 amide bonds. The highest BCUT2D eigenvalue weighted by atomic mass is 16.3. The third-order valence-corrected chi connectivity index (χ3v) is 3.35. The summed E-state index contributed by atoms with van der Waals surface area (Å²) in [5.41, 5.74) is 0. The van der Waals surface area contributed by atoms with Crippen molar-refractivity contribution in [1.82, 2.24) is 4.90 Å². The van der Waals surface area contributed by atoms with Gasteiger partial charge >= 0.3 is 0 Å². The summed E-state index contributed by atoms with van der Waals surface area (Å²) in [6.07, 6.45) is 5.62. The first-order chi connectivity index (χ1) is 6.15. The van der Waals surface area contributed by atoms with Crippen molar-refractivity contribution in [3.05, 3.63) is 0 Å². The molecule has 1 aliphatic rings. The van der Waals surface area contributed by atoms with Gasteiger partial charge in [-0.1, -0.05) is 13.3 Å². The maximum Gasteiger partial charge on any atom is 0.0555 e. The fourth-order valence-corrected chi connectivity index (χ4v) is 2.29. The molecule has 0 heterocycles. The minimum absolute atomic E-state index is 0.0405. The zero-order chi connectivity index (χ0) is 9.84. The van der Waals surface area contributed by atoms with E-state index in [0.717, 1.165) is 12.8 Å². The van der Waals surface area contributed by atoms with Gasteiger partial charge in [0.2, 0.25) is 0 Å². The predicted octanol–water partition coefficient (Wildman–Crippen LogP) is 2.02. The average molecular weight is 185 g/mol. The van der Waals surface area contributed by atoms with Crippen LogP contribution < -0.4 is 0 Å². The molecule has 1 aliphatic carbocycles. The topological polar surface area (TPSA) is 23.5 Å². The first-order valence-electron chi connectivity index (χ1n) is 5.55. The van der Waals surface area contributed by atoms with Crippen molar-refractivity contribution in [2.45, 2.75) is 64.1 Å². The van der Waals surface area contributed by atoms with Crippen LogP contribution in [0, 0.1) is 0 Å². The fourth-order valence-electron chi connectivity index (χ4n) is 2.29. The van der Waals surface area contributed by atoms with E-state index in [1.54, 1.807) is 0 Å². The first-order valence-corrected chi connectivity index (χ1v) is 5.55. The summed E-state index contributed by atoms with van der Waals surface area (Å²) in [6, 6.07) is 1.29. The monoisotopic (exact) mass is 185 g/mol. The van der Waals surface area contributed by atoms with Crippen LogP contribution in [0.1, 0.15) is 46.0 Å². The second-order valence-corrected chi connectivity index (χ2v) is 4.42. The van der Waals surface area contributed by atoms with Crippen molar-refractivity contribution in [2.24, 2.45) is 0 Å². The van der Waals surface area contributed by atoms with E-state index in [2.05, 4.69) is 25.8 Å². The molecule has 13 heavy (non-hydrogen) atoms. The van der Waals surface area contributed by atoms with Crippen LogP contribution in [-0.2, 0) is 0 Å². The third-order valence-electron chi connectivity index (χ3n) is 3.35. The summed E-state index contributed by atoms with van der Waals surface area (Å²) in [4.78, 5) is 2.44. The molecule has 0 saturated heterocycles. The molecule has 0 aromatic rings. The van der Waals surface area contributed by atoms with Gasteiger partial charge in [0, 0.05) is 12.1 Å². The van der Waals surface area contributed by atoms with Gasteiger partial charge in [0.15, 0.2) is 0 Å². The van der Waals surface area contributed by atoms with Crippen molar-refractivity contribution >= 4 is 0 Å². The molecule has 0 aromatic heterocycles. The maximum atomic E-state index is 9.43. The lowest BCUT2D eigenvalue weighted by molar-refractivity contribution is 0.142. The molecule has 1 fully saturated rings. The van der Waals surface area contributed by atoms with Crippen LogP contribution in [0.3, 0.4) is 0 Å². The maximum absolute atomic E-state index is 9.43. The summed E-state index contributed by atoms with van der Waals surface area (Å²) in [5.74, 6) is 0. The van der Waals surface area contributed by atoms with E-state index in [9.17, 15) is 5.11 Å².